The summed E-state index contributed by atoms with van der Waals surface area (Å²) in [5.41, 5.74) is -0.0659. The van der Waals surface area contributed by atoms with E-state index < -0.39 is 7.14 Å². The van der Waals surface area contributed by atoms with Gasteiger partial charge in [-0.3, -0.25) is 0 Å². The van der Waals surface area contributed by atoms with E-state index in [1.165, 1.54) is 12.8 Å². The normalized spacial score (nSPS) is 37.4. The molecule has 2 aliphatic heterocycles. The quantitative estimate of drug-likeness (QED) is 0.528. The molecule has 2 nitrogen and oxygen atoms in total. The highest BCUT2D eigenvalue weighted by atomic mass is 31.2. The molecule has 116 valence electrons. The number of epoxide rings is 1. The highest BCUT2D eigenvalue weighted by Crippen LogP contribution is 2.82. The topological polar surface area (TPSA) is 29.6 Å². The first-order valence-corrected chi connectivity index (χ1v) is 10.4. The van der Waals surface area contributed by atoms with Gasteiger partial charge < -0.3 is 9.30 Å². The SMILES string of the molecule is CCCCC12CCP(=O)(c3ccccc3)C1(CCCC)O2. The largest absolute Gasteiger partial charge is 0.354 e. The fourth-order valence-electron chi connectivity index (χ4n) is 4.18. The number of hydrogen-bond acceptors (Lipinski definition) is 2. The average Bonchev–Trinajstić information content (AvgIpc) is 3.12. The van der Waals surface area contributed by atoms with Crippen molar-refractivity contribution in [1.29, 1.82) is 0 Å². The predicted octanol–water partition coefficient (Wildman–Crippen LogP) is 4.92. The maximum Gasteiger partial charge on any atom is 0.154 e. The second-order valence-corrected chi connectivity index (χ2v) is 9.80. The van der Waals surface area contributed by atoms with Crippen molar-refractivity contribution in [3.8, 4) is 0 Å². The fraction of sp³-hybridized carbons (Fsp3) is 0.667. The van der Waals surface area contributed by atoms with Crippen LogP contribution >= 0.6 is 7.14 Å². The highest BCUT2D eigenvalue weighted by Gasteiger charge is 2.80. The standard InChI is InChI=1S/C18H27O2P/c1-3-5-12-17-14-15-21(19,16-10-8-7-9-11-16)18(17,20-17)13-6-4-2/h7-11H,3-6,12-15H2,1-2H3. The zero-order valence-corrected chi connectivity index (χ0v) is 14.2. The minimum absolute atomic E-state index is 0.0659. The molecule has 0 amide bonds. The van der Waals surface area contributed by atoms with Crippen LogP contribution in [0.1, 0.15) is 58.8 Å². The van der Waals surface area contributed by atoms with Crippen LogP contribution < -0.4 is 5.30 Å². The summed E-state index contributed by atoms with van der Waals surface area (Å²) in [4.78, 5) is 0. The van der Waals surface area contributed by atoms with Gasteiger partial charge in [0.15, 0.2) is 5.34 Å². The molecule has 0 aromatic heterocycles. The summed E-state index contributed by atoms with van der Waals surface area (Å²) in [6.07, 6.45) is 8.51. The van der Waals surface area contributed by atoms with Crippen molar-refractivity contribution in [2.45, 2.75) is 69.7 Å². The van der Waals surface area contributed by atoms with Gasteiger partial charge in [-0.1, -0.05) is 69.9 Å². The molecule has 1 aromatic carbocycles. The Labute approximate surface area is 128 Å². The van der Waals surface area contributed by atoms with Gasteiger partial charge >= 0.3 is 0 Å². The summed E-state index contributed by atoms with van der Waals surface area (Å²) < 4.78 is 20.2. The third kappa shape index (κ3) is 2.14. The maximum atomic E-state index is 13.9. The lowest BCUT2D eigenvalue weighted by molar-refractivity contribution is 0.252. The minimum Gasteiger partial charge on any atom is -0.354 e. The molecule has 3 unspecified atom stereocenters. The van der Waals surface area contributed by atoms with Crippen molar-refractivity contribution < 1.29 is 9.30 Å². The molecular weight excluding hydrogens is 279 g/mol. The molecule has 0 aliphatic carbocycles. The van der Waals surface area contributed by atoms with E-state index in [0.29, 0.717) is 0 Å². The van der Waals surface area contributed by atoms with Gasteiger partial charge in [-0.15, -0.1) is 0 Å². The summed E-state index contributed by atoms with van der Waals surface area (Å²) in [6.45, 7) is 4.42. The van der Waals surface area contributed by atoms with Gasteiger partial charge in [0, 0.05) is 11.5 Å². The van der Waals surface area contributed by atoms with Crippen molar-refractivity contribution in [1.82, 2.24) is 0 Å². The smallest absolute Gasteiger partial charge is 0.154 e. The maximum absolute atomic E-state index is 13.9. The van der Waals surface area contributed by atoms with Crippen molar-refractivity contribution >= 4 is 12.4 Å². The summed E-state index contributed by atoms with van der Waals surface area (Å²) in [5.74, 6) is 0. The van der Waals surface area contributed by atoms with E-state index >= 15 is 0 Å². The summed E-state index contributed by atoms with van der Waals surface area (Å²) in [7, 11) is -2.43. The van der Waals surface area contributed by atoms with Crippen molar-refractivity contribution in [2.75, 3.05) is 6.16 Å². The second kappa shape index (κ2) is 5.56. The monoisotopic (exact) mass is 306 g/mol. The van der Waals surface area contributed by atoms with Crippen LogP contribution in [-0.2, 0) is 9.30 Å². The van der Waals surface area contributed by atoms with Crippen molar-refractivity contribution in [2.24, 2.45) is 0 Å². The van der Waals surface area contributed by atoms with Crippen LogP contribution in [0.25, 0.3) is 0 Å². The average molecular weight is 306 g/mol. The Morgan fingerprint density at radius 2 is 1.76 bits per heavy atom. The molecule has 3 atom stereocenters. The lowest BCUT2D eigenvalue weighted by atomic mass is 9.93. The number of ether oxygens (including phenoxy) is 1. The van der Waals surface area contributed by atoms with E-state index in [-0.39, 0.29) is 10.9 Å². The zero-order valence-electron chi connectivity index (χ0n) is 13.3. The second-order valence-electron chi connectivity index (χ2n) is 6.64. The first kappa shape index (κ1) is 15.3. The molecule has 2 heterocycles. The number of unbranched alkanes of at least 4 members (excludes halogenated alkanes) is 2. The van der Waals surface area contributed by atoms with Crippen LogP contribution in [0.2, 0.25) is 0 Å². The van der Waals surface area contributed by atoms with E-state index in [9.17, 15) is 4.57 Å². The summed E-state index contributed by atoms with van der Waals surface area (Å²) >= 11 is 0. The van der Waals surface area contributed by atoms with E-state index in [1.807, 2.05) is 30.3 Å². The molecule has 3 rings (SSSR count). The molecule has 0 radical (unpaired) electrons. The van der Waals surface area contributed by atoms with Gasteiger partial charge in [0.25, 0.3) is 0 Å². The van der Waals surface area contributed by atoms with Crippen molar-refractivity contribution in [3.63, 3.8) is 0 Å². The van der Waals surface area contributed by atoms with Gasteiger partial charge in [-0.05, 0) is 19.3 Å². The Hall–Kier alpha value is -0.590. The fourth-order valence-corrected chi connectivity index (χ4v) is 8.27. The zero-order chi connectivity index (χ0) is 15.0. The van der Waals surface area contributed by atoms with Gasteiger partial charge in [0.2, 0.25) is 0 Å². The number of hydrogen-bond donors (Lipinski definition) is 0. The van der Waals surface area contributed by atoms with Gasteiger partial charge in [-0.2, -0.15) is 0 Å². The van der Waals surface area contributed by atoms with Crippen LogP contribution in [0, 0.1) is 0 Å². The van der Waals surface area contributed by atoms with E-state index in [4.69, 9.17) is 4.74 Å². The Morgan fingerprint density at radius 1 is 1.10 bits per heavy atom. The lowest BCUT2D eigenvalue weighted by Crippen LogP contribution is -2.24. The third-order valence-corrected chi connectivity index (χ3v) is 9.30. The van der Waals surface area contributed by atoms with Crippen molar-refractivity contribution in [3.05, 3.63) is 30.3 Å². The molecule has 2 aliphatic rings. The van der Waals surface area contributed by atoms with E-state index in [2.05, 4.69) is 13.8 Å². The third-order valence-electron chi connectivity index (χ3n) is 5.43. The van der Waals surface area contributed by atoms with Gasteiger partial charge in [0.05, 0.1) is 0 Å². The summed E-state index contributed by atoms with van der Waals surface area (Å²) in [5, 5.41) is 0.712. The Balaban J connectivity index is 1.94. The summed E-state index contributed by atoms with van der Waals surface area (Å²) in [6, 6.07) is 10.1. The molecule has 21 heavy (non-hydrogen) atoms. The molecule has 3 heteroatoms. The molecule has 0 spiro atoms. The Bertz CT molecular complexity index is 541. The van der Waals surface area contributed by atoms with Gasteiger partial charge in [0.1, 0.15) is 12.7 Å². The first-order chi connectivity index (χ1) is 10.1. The molecule has 0 saturated carbocycles. The molecule has 2 saturated heterocycles. The number of fused-ring (bicyclic) bond motifs is 1. The van der Waals surface area contributed by atoms with Crippen LogP contribution in [0.3, 0.4) is 0 Å². The molecular formula is C18H27O2P. The lowest BCUT2D eigenvalue weighted by Gasteiger charge is -2.22. The molecule has 1 aromatic rings. The van der Waals surface area contributed by atoms with Crippen LogP contribution in [-0.4, -0.2) is 17.1 Å². The van der Waals surface area contributed by atoms with Crippen LogP contribution in [0.4, 0.5) is 0 Å². The Kier molecular flexibility index (Phi) is 4.05. The molecule has 2 fully saturated rings. The van der Waals surface area contributed by atoms with Gasteiger partial charge in [-0.25, -0.2) is 0 Å². The van der Waals surface area contributed by atoms with E-state index in [0.717, 1.165) is 43.6 Å². The number of benzene rings is 1. The van der Waals surface area contributed by atoms with Crippen LogP contribution in [0.5, 0.6) is 0 Å². The first-order valence-electron chi connectivity index (χ1n) is 8.49. The molecule has 0 bridgehead atoms. The van der Waals surface area contributed by atoms with E-state index in [1.54, 1.807) is 0 Å². The predicted molar refractivity (Wildman–Crippen MR) is 88.8 cm³/mol. The highest BCUT2D eigenvalue weighted by molar-refractivity contribution is 7.73. The molecule has 0 N–H and O–H groups in total. The minimum atomic E-state index is -2.43. The number of rotatable bonds is 7. The Morgan fingerprint density at radius 3 is 2.43 bits per heavy atom. The van der Waals surface area contributed by atoms with Crippen LogP contribution in [0.15, 0.2) is 30.3 Å².